The Morgan fingerprint density at radius 2 is 2.24 bits per heavy atom. The van der Waals surface area contributed by atoms with Crippen molar-refractivity contribution in [2.24, 2.45) is 0 Å². The van der Waals surface area contributed by atoms with Crippen LogP contribution < -0.4 is 4.74 Å². The zero-order valence-corrected chi connectivity index (χ0v) is 9.43. The first-order valence-corrected chi connectivity index (χ1v) is 4.97. The Balaban J connectivity index is 2.46. The topological polar surface area (TPSA) is 72.6 Å². The highest BCUT2D eigenvalue weighted by Crippen LogP contribution is 2.25. The van der Waals surface area contributed by atoms with Gasteiger partial charge in [0.05, 0.1) is 7.11 Å². The van der Waals surface area contributed by atoms with E-state index in [0.717, 1.165) is 0 Å². The summed E-state index contributed by atoms with van der Waals surface area (Å²) < 4.78 is 10.4. The van der Waals surface area contributed by atoms with Gasteiger partial charge in [-0.25, -0.2) is 9.78 Å². The molecule has 2 rings (SSSR count). The number of methoxy groups -OCH3 is 1. The van der Waals surface area contributed by atoms with E-state index in [2.05, 4.69) is 4.98 Å². The second-order valence-electron chi connectivity index (χ2n) is 3.46. The summed E-state index contributed by atoms with van der Waals surface area (Å²) in [7, 11) is 1.56. The molecule has 0 unspecified atom stereocenters. The fourth-order valence-corrected chi connectivity index (χ4v) is 1.47. The van der Waals surface area contributed by atoms with Crippen molar-refractivity contribution in [1.82, 2.24) is 4.98 Å². The fraction of sp³-hybridized carbons (Fsp3) is 0.167. The Morgan fingerprint density at radius 3 is 2.82 bits per heavy atom. The molecule has 0 bridgehead atoms. The van der Waals surface area contributed by atoms with E-state index in [-0.39, 0.29) is 17.3 Å². The predicted molar refractivity (Wildman–Crippen MR) is 60.2 cm³/mol. The summed E-state index contributed by atoms with van der Waals surface area (Å²) in [6, 6.07) is 7.09. The van der Waals surface area contributed by atoms with Crippen molar-refractivity contribution in [3.8, 4) is 17.2 Å². The van der Waals surface area contributed by atoms with Crippen LogP contribution in [0.4, 0.5) is 0 Å². The van der Waals surface area contributed by atoms with Gasteiger partial charge in [0.25, 0.3) is 0 Å². The Bertz CT molecular complexity index is 559. The molecular formula is C12H11NO4. The number of hydrogen-bond donors (Lipinski definition) is 1. The largest absolute Gasteiger partial charge is 0.497 e. The van der Waals surface area contributed by atoms with Crippen LogP contribution in [0.5, 0.6) is 5.75 Å². The molecule has 0 aliphatic rings. The molecule has 0 aliphatic heterocycles. The molecule has 5 nitrogen and oxygen atoms in total. The summed E-state index contributed by atoms with van der Waals surface area (Å²) in [5, 5.41) is 8.88. The first-order valence-electron chi connectivity index (χ1n) is 4.97. The summed E-state index contributed by atoms with van der Waals surface area (Å²) in [6.07, 6.45) is 0. The fourth-order valence-electron chi connectivity index (χ4n) is 1.47. The number of carboxylic acid groups (broad SMARTS) is 1. The molecule has 0 atom stereocenters. The average molecular weight is 233 g/mol. The van der Waals surface area contributed by atoms with Crippen LogP contribution in [-0.4, -0.2) is 23.2 Å². The van der Waals surface area contributed by atoms with Gasteiger partial charge >= 0.3 is 5.97 Å². The van der Waals surface area contributed by atoms with E-state index in [1.165, 1.54) is 0 Å². The van der Waals surface area contributed by atoms with Gasteiger partial charge in [-0.2, -0.15) is 0 Å². The lowest BCUT2D eigenvalue weighted by atomic mass is 10.2. The quantitative estimate of drug-likeness (QED) is 0.880. The van der Waals surface area contributed by atoms with Crippen molar-refractivity contribution in [3.05, 3.63) is 35.7 Å². The van der Waals surface area contributed by atoms with Crippen LogP contribution in [0.3, 0.4) is 0 Å². The predicted octanol–water partition coefficient (Wildman–Crippen LogP) is 2.36. The van der Waals surface area contributed by atoms with Crippen LogP contribution in [0.25, 0.3) is 11.5 Å². The van der Waals surface area contributed by atoms with Crippen LogP contribution in [0.1, 0.15) is 16.2 Å². The van der Waals surface area contributed by atoms with Crippen LogP contribution in [0, 0.1) is 6.92 Å². The van der Waals surface area contributed by atoms with Crippen LogP contribution in [-0.2, 0) is 0 Å². The molecule has 17 heavy (non-hydrogen) atoms. The lowest BCUT2D eigenvalue weighted by Crippen LogP contribution is -1.98. The highest BCUT2D eigenvalue weighted by molar-refractivity contribution is 5.87. The summed E-state index contributed by atoms with van der Waals surface area (Å²) in [4.78, 5) is 14.8. The molecule has 1 aromatic carbocycles. The third kappa shape index (κ3) is 2.13. The van der Waals surface area contributed by atoms with Gasteiger partial charge in [-0.3, -0.25) is 0 Å². The number of rotatable bonds is 3. The smallest absolute Gasteiger partial charge is 0.358 e. The van der Waals surface area contributed by atoms with Crippen molar-refractivity contribution in [2.45, 2.75) is 6.92 Å². The lowest BCUT2D eigenvalue weighted by Gasteiger charge is -2.00. The van der Waals surface area contributed by atoms with E-state index < -0.39 is 5.97 Å². The number of ether oxygens (including phenoxy) is 1. The maximum Gasteiger partial charge on any atom is 0.358 e. The normalized spacial score (nSPS) is 10.2. The number of hydrogen-bond acceptors (Lipinski definition) is 4. The number of aromatic nitrogens is 1. The maximum atomic E-state index is 10.8. The van der Waals surface area contributed by atoms with Gasteiger partial charge < -0.3 is 14.3 Å². The number of aryl methyl sites for hydroxylation is 1. The lowest BCUT2D eigenvalue weighted by molar-refractivity contribution is 0.0689. The zero-order chi connectivity index (χ0) is 12.4. The zero-order valence-electron chi connectivity index (χ0n) is 9.43. The molecule has 88 valence electrons. The van der Waals surface area contributed by atoms with Gasteiger partial charge in [0, 0.05) is 5.56 Å². The van der Waals surface area contributed by atoms with Crippen LogP contribution >= 0.6 is 0 Å². The van der Waals surface area contributed by atoms with Crippen LogP contribution in [0.2, 0.25) is 0 Å². The van der Waals surface area contributed by atoms with Crippen LogP contribution in [0.15, 0.2) is 28.7 Å². The van der Waals surface area contributed by atoms with E-state index in [1.807, 2.05) is 0 Å². The summed E-state index contributed by atoms with van der Waals surface area (Å²) in [5.41, 5.74) is 0.614. The van der Waals surface area contributed by atoms with Gasteiger partial charge in [-0.1, -0.05) is 6.07 Å². The third-order valence-electron chi connectivity index (χ3n) is 2.32. The molecule has 0 amide bonds. The van der Waals surface area contributed by atoms with Crippen molar-refractivity contribution in [1.29, 1.82) is 0 Å². The summed E-state index contributed by atoms with van der Waals surface area (Å²) in [6.45, 7) is 1.57. The Labute approximate surface area is 97.7 Å². The number of carboxylic acids is 1. The maximum absolute atomic E-state index is 10.8. The molecule has 1 aromatic heterocycles. The van der Waals surface area contributed by atoms with Gasteiger partial charge in [0.15, 0.2) is 5.69 Å². The molecule has 0 aliphatic carbocycles. The molecule has 0 saturated heterocycles. The number of oxazole rings is 1. The molecule has 0 saturated carbocycles. The minimum Gasteiger partial charge on any atom is -0.497 e. The molecule has 1 N–H and O–H groups in total. The minimum atomic E-state index is -1.10. The molecule has 2 aromatic rings. The average Bonchev–Trinajstić information content (AvgIpc) is 2.71. The number of aromatic carboxylic acids is 1. The van der Waals surface area contributed by atoms with Crippen molar-refractivity contribution in [2.75, 3.05) is 7.11 Å². The van der Waals surface area contributed by atoms with Gasteiger partial charge in [-0.15, -0.1) is 0 Å². The van der Waals surface area contributed by atoms with E-state index in [9.17, 15) is 4.79 Å². The molecule has 5 heteroatoms. The van der Waals surface area contributed by atoms with E-state index in [4.69, 9.17) is 14.3 Å². The Morgan fingerprint density at radius 1 is 1.47 bits per heavy atom. The highest BCUT2D eigenvalue weighted by atomic mass is 16.5. The number of nitrogens with zero attached hydrogens (tertiary/aromatic N) is 1. The van der Waals surface area contributed by atoms with Gasteiger partial charge in [0.2, 0.25) is 5.89 Å². The Hall–Kier alpha value is -2.30. The van der Waals surface area contributed by atoms with Crippen molar-refractivity contribution < 1.29 is 19.1 Å². The number of carbonyl (C=O) groups is 1. The SMILES string of the molecule is COc1cccc(-c2nc(C(=O)O)c(C)o2)c1. The second-order valence-corrected chi connectivity index (χ2v) is 3.46. The molecular weight excluding hydrogens is 222 g/mol. The van der Waals surface area contributed by atoms with E-state index in [0.29, 0.717) is 11.3 Å². The summed E-state index contributed by atoms with van der Waals surface area (Å²) in [5.74, 6) is 0.129. The highest BCUT2D eigenvalue weighted by Gasteiger charge is 2.17. The first kappa shape index (κ1) is 11.2. The van der Waals surface area contributed by atoms with Gasteiger partial charge in [-0.05, 0) is 25.1 Å². The molecule has 0 spiro atoms. The standard InChI is InChI=1S/C12H11NO4/c1-7-10(12(14)15)13-11(17-7)8-4-3-5-9(6-8)16-2/h3-6H,1-2H3,(H,14,15). The number of benzene rings is 1. The minimum absolute atomic E-state index is 0.0668. The molecule has 1 heterocycles. The first-order chi connectivity index (χ1) is 8.11. The monoisotopic (exact) mass is 233 g/mol. The molecule has 0 radical (unpaired) electrons. The van der Waals surface area contributed by atoms with Gasteiger partial charge in [0.1, 0.15) is 11.5 Å². The van der Waals surface area contributed by atoms with Crippen molar-refractivity contribution in [3.63, 3.8) is 0 Å². The second kappa shape index (κ2) is 4.29. The Kier molecular flexibility index (Phi) is 2.82. The van der Waals surface area contributed by atoms with Crippen molar-refractivity contribution >= 4 is 5.97 Å². The molecule has 0 fully saturated rings. The third-order valence-corrected chi connectivity index (χ3v) is 2.32. The summed E-state index contributed by atoms with van der Waals surface area (Å²) >= 11 is 0. The van der Waals surface area contributed by atoms with E-state index in [1.54, 1.807) is 38.3 Å². The van der Waals surface area contributed by atoms with E-state index >= 15 is 0 Å².